The molecule has 2 heteroatoms. The molecule has 1 rings (SSSR count). The third-order valence-electron chi connectivity index (χ3n) is 2.67. The van der Waals surface area contributed by atoms with Crippen molar-refractivity contribution in [2.45, 2.75) is 32.6 Å². The maximum atomic E-state index is 5.44. The van der Waals surface area contributed by atoms with Crippen LogP contribution in [0.4, 0.5) is 0 Å². The number of nitrogens with zero attached hydrogens (tertiary/aromatic N) is 1. The fourth-order valence-corrected chi connectivity index (χ4v) is 1.88. The van der Waals surface area contributed by atoms with Gasteiger partial charge in [-0.1, -0.05) is 12.7 Å². The maximum Gasteiger partial charge on any atom is 0.0468 e. The summed E-state index contributed by atoms with van der Waals surface area (Å²) in [4.78, 5) is 4.36. The summed E-state index contributed by atoms with van der Waals surface area (Å²) in [5.74, 6) is 0.758. The SMILES string of the molecule is C=C/C=C\N=C(C)CC1CCCOCC1. The zero-order valence-electron chi connectivity index (χ0n) is 9.61. The highest BCUT2D eigenvalue weighted by Crippen LogP contribution is 2.19. The van der Waals surface area contributed by atoms with Crippen molar-refractivity contribution in [1.82, 2.24) is 0 Å². The predicted molar refractivity (Wildman–Crippen MR) is 65.2 cm³/mol. The van der Waals surface area contributed by atoms with Gasteiger partial charge in [-0.2, -0.15) is 0 Å². The number of ether oxygens (including phenoxy) is 1. The first-order valence-electron chi connectivity index (χ1n) is 5.71. The maximum absolute atomic E-state index is 5.44. The molecule has 1 aliphatic heterocycles. The zero-order valence-corrected chi connectivity index (χ0v) is 9.61. The quantitative estimate of drug-likeness (QED) is 0.511. The number of hydrogen-bond acceptors (Lipinski definition) is 2. The van der Waals surface area contributed by atoms with Crippen molar-refractivity contribution in [3.8, 4) is 0 Å². The molecule has 15 heavy (non-hydrogen) atoms. The number of aliphatic imine (C=N–C) groups is 1. The van der Waals surface area contributed by atoms with Crippen LogP contribution in [0.15, 0.2) is 29.9 Å². The topological polar surface area (TPSA) is 21.6 Å². The molecule has 0 bridgehead atoms. The van der Waals surface area contributed by atoms with Gasteiger partial charge >= 0.3 is 0 Å². The molecular formula is C13H21NO. The first-order valence-corrected chi connectivity index (χ1v) is 5.71. The average molecular weight is 207 g/mol. The molecule has 1 atom stereocenters. The Morgan fingerprint density at radius 3 is 3.13 bits per heavy atom. The lowest BCUT2D eigenvalue weighted by molar-refractivity contribution is 0.142. The second-order valence-corrected chi connectivity index (χ2v) is 4.06. The molecule has 84 valence electrons. The first-order chi connectivity index (χ1) is 7.33. The molecule has 1 fully saturated rings. The monoisotopic (exact) mass is 207 g/mol. The van der Waals surface area contributed by atoms with Crippen molar-refractivity contribution in [3.05, 3.63) is 24.9 Å². The predicted octanol–water partition coefficient (Wildman–Crippen LogP) is 3.35. The first kappa shape index (κ1) is 12.2. The number of allylic oxidation sites excluding steroid dienone is 2. The van der Waals surface area contributed by atoms with Crippen LogP contribution < -0.4 is 0 Å². The molecule has 0 spiro atoms. The smallest absolute Gasteiger partial charge is 0.0468 e. The minimum Gasteiger partial charge on any atom is -0.381 e. The van der Waals surface area contributed by atoms with Crippen LogP contribution in [-0.2, 0) is 4.74 Å². The molecule has 1 unspecified atom stereocenters. The van der Waals surface area contributed by atoms with Gasteiger partial charge in [0.25, 0.3) is 0 Å². The lowest BCUT2D eigenvalue weighted by atomic mass is 9.95. The summed E-state index contributed by atoms with van der Waals surface area (Å²) in [6, 6.07) is 0. The Hall–Kier alpha value is -0.890. The van der Waals surface area contributed by atoms with E-state index in [1.165, 1.54) is 25.0 Å². The fraction of sp³-hybridized carbons (Fsp3) is 0.615. The largest absolute Gasteiger partial charge is 0.381 e. The Balaban J connectivity index is 2.34. The summed E-state index contributed by atoms with van der Waals surface area (Å²) >= 11 is 0. The van der Waals surface area contributed by atoms with Gasteiger partial charge in [0.1, 0.15) is 0 Å². The van der Waals surface area contributed by atoms with Gasteiger partial charge in [-0.25, -0.2) is 0 Å². The van der Waals surface area contributed by atoms with Gasteiger partial charge in [0, 0.05) is 25.1 Å². The highest BCUT2D eigenvalue weighted by atomic mass is 16.5. The van der Waals surface area contributed by atoms with Crippen LogP contribution in [0.2, 0.25) is 0 Å². The Morgan fingerprint density at radius 1 is 1.47 bits per heavy atom. The summed E-state index contributed by atoms with van der Waals surface area (Å²) in [6.45, 7) is 7.56. The minimum absolute atomic E-state index is 0.758. The van der Waals surface area contributed by atoms with Crippen molar-refractivity contribution in [3.63, 3.8) is 0 Å². The summed E-state index contributed by atoms with van der Waals surface area (Å²) in [5, 5.41) is 0. The van der Waals surface area contributed by atoms with Crippen LogP contribution >= 0.6 is 0 Å². The summed E-state index contributed by atoms with van der Waals surface area (Å²) < 4.78 is 5.44. The van der Waals surface area contributed by atoms with Gasteiger partial charge in [0.15, 0.2) is 0 Å². The third kappa shape index (κ3) is 5.53. The fourth-order valence-electron chi connectivity index (χ4n) is 1.88. The van der Waals surface area contributed by atoms with Crippen LogP contribution in [0.25, 0.3) is 0 Å². The number of rotatable bonds is 4. The van der Waals surface area contributed by atoms with Gasteiger partial charge < -0.3 is 4.74 Å². The molecule has 0 aromatic rings. The van der Waals surface area contributed by atoms with Crippen LogP contribution in [0.3, 0.4) is 0 Å². The molecule has 1 aliphatic rings. The minimum atomic E-state index is 0.758. The highest BCUT2D eigenvalue weighted by Gasteiger charge is 2.12. The van der Waals surface area contributed by atoms with Crippen molar-refractivity contribution in [1.29, 1.82) is 0 Å². The van der Waals surface area contributed by atoms with Crippen molar-refractivity contribution in [2.24, 2.45) is 10.9 Å². The molecule has 0 aromatic carbocycles. The third-order valence-corrected chi connectivity index (χ3v) is 2.67. The molecule has 2 nitrogen and oxygen atoms in total. The Kier molecular flexibility index (Phi) is 6.02. The van der Waals surface area contributed by atoms with Crippen molar-refractivity contribution in [2.75, 3.05) is 13.2 Å². The molecule has 1 heterocycles. The Morgan fingerprint density at radius 2 is 2.33 bits per heavy atom. The van der Waals surface area contributed by atoms with Crippen LogP contribution in [0, 0.1) is 5.92 Å². The lowest BCUT2D eigenvalue weighted by Gasteiger charge is -2.11. The van der Waals surface area contributed by atoms with Crippen LogP contribution in [0.1, 0.15) is 32.6 Å². The summed E-state index contributed by atoms with van der Waals surface area (Å²) in [6.07, 6.45) is 10.2. The summed E-state index contributed by atoms with van der Waals surface area (Å²) in [7, 11) is 0. The highest BCUT2D eigenvalue weighted by molar-refractivity contribution is 5.82. The normalized spacial score (nSPS) is 24.1. The second kappa shape index (κ2) is 7.41. The lowest BCUT2D eigenvalue weighted by Crippen LogP contribution is -2.06. The van der Waals surface area contributed by atoms with E-state index in [0.29, 0.717) is 0 Å². The molecule has 0 saturated carbocycles. The standard InChI is InChI=1S/C13H21NO/c1-3-4-8-14-12(2)11-13-6-5-9-15-10-7-13/h3-4,8,13H,1,5-7,9-11H2,2H3/b8-4-,14-12?. The van der Waals surface area contributed by atoms with E-state index in [2.05, 4.69) is 18.5 Å². The van der Waals surface area contributed by atoms with Crippen molar-refractivity contribution < 1.29 is 4.74 Å². The van der Waals surface area contributed by atoms with E-state index in [1.54, 1.807) is 6.08 Å². The van der Waals surface area contributed by atoms with Gasteiger partial charge in [0.05, 0.1) is 0 Å². The molecule has 1 saturated heterocycles. The van der Waals surface area contributed by atoms with Crippen molar-refractivity contribution >= 4 is 5.71 Å². The van der Waals surface area contributed by atoms with E-state index >= 15 is 0 Å². The molecule has 0 aromatic heterocycles. The Bertz CT molecular complexity index is 235. The second-order valence-electron chi connectivity index (χ2n) is 4.06. The van der Waals surface area contributed by atoms with Gasteiger partial charge in [0.2, 0.25) is 0 Å². The molecule has 0 N–H and O–H groups in total. The van der Waals surface area contributed by atoms with Crippen LogP contribution in [0.5, 0.6) is 0 Å². The van der Waals surface area contributed by atoms with E-state index in [4.69, 9.17) is 4.74 Å². The van der Waals surface area contributed by atoms with Gasteiger partial charge in [-0.3, -0.25) is 4.99 Å². The molecule has 0 aliphatic carbocycles. The van der Waals surface area contributed by atoms with E-state index < -0.39 is 0 Å². The number of hydrogen-bond donors (Lipinski definition) is 0. The molecule has 0 radical (unpaired) electrons. The van der Waals surface area contributed by atoms with E-state index in [0.717, 1.165) is 25.6 Å². The van der Waals surface area contributed by atoms with E-state index in [1.807, 2.05) is 12.3 Å². The Labute approximate surface area is 92.7 Å². The molecular weight excluding hydrogens is 186 g/mol. The average Bonchev–Trinajstić information content (AvgIpc) is 2.47. The molecule has 0 amide bonds. The summed E-state index contributed by atoms with van der Waals surface area (Å²) in [5.41, 5.74) is 1.21. The van der Waals surface area contributed by atoms with Crippen LogP contribution in [-0.4, -0.2) is 18.9 Å². The van der Waals surface area contributed by atoms with Gasteiger partial charge in [-0.15, -0.1) is 0 Å². The zero-order chi connectivity index (χ0) is 10.9. The van der Waals surface area contributed by atoms with E-state index in [9.17, 15) is 0 Å². The van der Waals surface area contributed by atoms with E-state index in [-0.39, 0.29) is 0 Å². The van der Waals surface area contributed by atoms with Gasteiger partial charge in [-0.05, 0) is 44.6 Å².